The SMILES string of the molecule is CCCN1CCCCC1C(=O)N(C)Cc1ccc(Br)cc1. The predicted octanol–water partition coefficient (Wildman–Crippen LogP) is 3.67. The summed E-state index contributed by atoms with van der Waals surface area (Å²) in [5.41, 5.74) is 1.17. The van der Waals surface area contributed by atoms with Crippen LogP contribution < -0.4 is 0 Å². The lowest BCUT2D eigenvalue weighted by molar-refractivity contribution is -0.137. The molecule has 0 radical (unpaired) electrons. The van der Waals surface area contributed by atoms with Crippen LogP contribution in [0.5, 0.6) is 0 Å². The van der Waals surface area contributed by atoms with E-state index in [1.165, 1.54) is 18.4 Å². The number of nitrogens with zero attached hydrogens (tertiary/aromatic N) is 2. The van der Waals surface area contributed by atoms with Crippen molar-refractivity contribution in [1.82, 2.24) is 9.80 Å². The average molecular weight is 353 g/mol. The Kier molecular flexibility index (Phi) is 6.24. The largest absolute Gasteiger partial charge is 0.340 e. The number of likely N-dealkylation sites (tertiary alicyclic amines) is 1. The lowest BCUT2D eigenvalue weighted by Gasteiger charge is -2.36. The summed E-state index contributed by atoms with van der Waals surface area (Å²) in [5, 5.41) is 0. The molecule has 1 unspecified atom stereocenters. The number of hydrogen-bond donors (Lipinski definition) is 0. The molecule has 0 N–H and O–H groups in total. The van der Waals surface area contributed by atoms with E-state index >= 15 is 0 Å². The van der Waals surface area contributed by atoms with Crippen molar-refractivity contribution in [2.24, 2.45) is 0 Å². The molecule has 1 saturated heterocycles. The molecule has 1 aromatic rings. The summed E-state index contributed by atoms with van der Waals surface area (Å²) < 4.78 is 1.07. The number of hydrogen-bond acceptors (Lipinski definition) is 2. The monoisotopic (exact) mass is 352 g/mol. The first-order valence-corrected chi connectivity index (χ1v) is 8.64. The molecular weight excluding hydrogens is 328 g/mol. The Balaban J connectivity index is 1.98. The molecule has 4 heteroatoms. The molecule has 116 valence electrons. The molecule has 1 fully saturated rings. The first kappa shape index (κ1) is 16.5. The van der Waals surface area contributed by atoms with Gasteiger partial charge in [0.2, 0.25) is 5.91 Å². The number of likely N-dealkylation sites (N-methyl/N-ethyl adjacent to an activating group) is 1. The molecule has 1 amide bonds. The summed E-state index contributed by atoms with van der Waals surface area (Å²) in [6.45, 7) is 4.96. The third kappa shape index (κ3) is 4.55. The Labute approximate surface area is 136 Å². The summed E-state index contributed by atoms with van der Waals surface area (Å²) in [4.78, 5) is 17.0. The first-order chi connectivity index (χ1) is 10.1. The Morgan fingerprint density at radius 3 is 2.71 bits per heavy atom. The van der Waals surface area contributed by atoms with Crippen LogP contribution in [0.3, 0.4) is 0 Å². The summed E-state index contributed by atoms with van der Waals surface area (Å²) in [5.74, 6) is 0.270. The molecule has 0 aromatic heterocycles. The average Bonchev–Trinajstić information content (AvgIpc) is 2.50. The topological polar surface area (TPSA) is 23.6 Å². The fourth-order valence-electron chi connectivity index (χ4n) is 3.02. The fourth-order valence-corrected chi connectivity index (χ4v) is 3.29. The summed E-state index contributed by atoms with van der Waals surface area (Å²) >= 11 is 3.44. The highest BCUT2D eigenvalue weighted by molar-refractivity contribution is 9.10. The van der Waals surface area contributed by atoms with Gasteiger partial charge in [-0.2, -0.15) is 0 Å². The van der Waals surface area contributed by atoms with E-state index in [0.717, 1.165) is 30.4 Å². The van der Waals surface area contributed by atoms with Crippen molar-refractivity contribution in [1.29, 1.82) is 0 Å². The zero-order valence-corrected chi connectivity index (χ0v) is 14.6. The Bertz CT molecular complexity index is 458. The van der Waals surface area contributed by atoms with E-state index in [1.807, 2.05) is 24.1 Å². The van der Waals surface area contributed by atoms with Gasteiger partial charge in [0.05, 0.1) is 6.04 Å². The van der Waals surface area contributed by atoms with E-state index in [2.05, 4.69) is 39.9 Å². The van der Waals surface area contributed by atoms with E-state index in [4.69, 9.17) is 0 Å². The van der Waals surface area contributed by atoms with E-state index in [1.54, 1.807) is 0 Å². The number of piperidine rings is 1. The fraction of sp³-hybridized carbons (Fsp3) is 0.588. The van der Waals surface area contributed by atoms with Crippen LogP contribution in [-0.2, 0) is 11.3 Å². The summed E-state index contributed by atoms with van der Waals surface area (Å²) in [7, 11) is 1.92. The van der Waals surface area contributed by atoms with Crippen LogP contribution >= 0.6 is 15.9 Å². The molecule has 1 aliphatic rings. The third-order valence-corrected chi connectivity index (χ3v) is 4.65. The quantitative estimate of drug-likeness (QED) is 0.806. The standard InChI is InChI=1S/C17H25BrN2O/c1-3-11-20-12-5-4-6-16(20)17(21)19(2)13-14-7-9-15(18)10-8-14/h7-10,16H,3-6,11-13H2,1-2H3. The zero-order chi connectivity index (χ0) is 15.2. The molecule has 2 rings (SSSR count). The molecule has 3 nitrogen and oxygen atoms in total. The maximum Gasteiger partial charge on any atom is 0.239 e. The van der Waals surface area contributed by atoms with Gasteiger partial charge in [-0.1, -0.05) is 41.4 Å². The lowest BCUT2D eigenvalue weighted by atomic mass is 10.0. The molecule has 1 aliphatic heterocycles. The van der Waals surface area contributed by atoms with Gasteiger partial charge >= 0.3 is 0 Å². The van der Waals surface area contributed by atoms with Crippen LogP contribution in [-0.4, -0.2) is 41.9 Å². The van der Waals surface area contributed by atoms with Gasteiger partial charge in [0.25, 0.3) is 0 Å². The van der Waals surface area contributed by atoms with Gasteiger partial charge in [0.15, 0.2) is 0 Å². The van der Waals surface area contributed by atoms with Gasteiger partial charge in [-0.25, -0.2) is 0 Å². The predicted molar refractivity (Wildman–Crippen MR) is 90.1 cm³/mol. The van der Waals surface area contributed by atoms with Gasteiger partial charge in [-0.3, -0.25) is 9.69 Å². The minimum Gasteiger partial charge on any atom is -0.340 e. The van der Waals surface area contributed by atoms with Crippen LogP contribution in [0.1, 0.15) is 38.2 Å². The number of amides is 1. The van der Waals surface area contributed by atoms with Crippen molar-refractivity contribution in [3.63, 3.8) is 0 Å². The maximum atomic E-state index is 12.7. The third-order valence-electron chi connectivity index (χ3n) is 4.12. The molecule has 0 saturated carbocycles. The number of rotatable bonds is 5. The minimum absolute atomic E-state index is 0.0825. The molecule has 1 atom stereocenters. The highest BCUT2D eigenvalue weighted by Crippen LogP contribution is 2.20. The summed E-state index contributed by atoms with van der Waals surface area (Å²) in [6, 6.07) is 8.27. The molecule has 1 aromatic carbocycles. The Morgan fingerprint density at radius 1 is 1.33 bits per heavy atom. The lowest BCUT2D eigenvalue weighted by Crippen LogP contribution is -2.49. The molecule has 0 aliphatic carbocycles. The van der Waals surface area contributed by atoms with Crippen molar-refractivity contribution < 1.29 is 4.79 Å². The minimum atomic E-state index is 0.0825. The van der Waals surface area contributed by atoms with Gasteiger partial charge in [-0.05, 0) is 50.0 Å². The van der Waals surface area contributed by atoms with Crippen molar-refractivity contribution in [3.8, 4) is 0 Å². The van der Waals surface area contributed by atoms with Gasteiger partial charge < -0.3 is 4.90 Å². The Hall–Kier alpha value is -0.870. The zero-order valence-electron chi connectivity index (χ0n) is 13.0. The van der Waals surface area contributed by atoms with E-state index in [9.17, 15) is 4.79 Å². The van der Waals surface area contributed by atoms with Crippen LogP contribution in [0.2, 0.25) is 0 Å². The van der Waals surface area contributed by atoms with Gasteiger partial charge in [0.1, 0.15) is 0 Å². The highest BCUT2D eigenvalue weighted by atomic mass is 79.9. The van der Waals surface area contributed by atoms with E-state index < -0.39 is 0 Å². The van der Waals surface area contributed by atoms with Crippen LogP contribution in [0.15, 0.2) is 28.7 Å². The second-order valence-corrected chi connectivity index (χ2v) is 6.78. The second kappa shape index (κ2) is 7.95. The van der Waals surface area contributed by atoms with E-state index in [-0.39, 0.29) is 11.9 Å². The second-order valence-electron chi connectivity index (χ2n) is 5.87. The van der Waals surface area contributed by atoms with Crippen LogP contribution in [0, 0.1) is 0 Å². The van der Waals surface area contributed by atoms with Crippen molar-refractivity contribution >= 4 is 21.8 Å². The van der Waals surface area contributed by atoms with Crippen LogP contribution in [0.4, 0.5) is 0 Å². The Morgan fingerprint density at radius 2 is 2.05 bits per heavy atom. The maximum absolute atomic E-state index is 12.7. The molecule has 21 heavy (non-hydrogen) atoms. The van der Waals surface area contributed by atoms with Crippen molar-refractivity contribution in [2.75, 3.05) is 20.1 Å². The molecule has 0 bridgehead atoms. The molecule has 0 spiro atoms. The number of carbonyl (C=O) groups is 1. The first-order valence-electron chi connectivity index (χ1n) is 7.85. The van der Waals surface area contributed by atoms with Gasteiger partial charge in [0, 0.05) is 18.1 Å². The normalized spacial score (nSPS) is 19.5. The highest BCUT2D eigenvalue weighted by Gasteiger charge is 2.29. The van der Waals surface area contributed by atoms with Crippen LogP contribution in [0.25, 0.3) is 0 Å². The summed E-state index contributed by atoms with van der Waals surface area (Å²) in [6.07, 6.45) is 4.51. The van der Waals surface area contributed by atoms with E-state index in [0.29, 0.717) is 6.54 Å². The number of benzene rings is 1. The van der Waals surface area contributed by atoms with Crippen molar-refractivity contribution in [3.05, 3.63) is 34.3 Å². The van der Waals surface area contributed by atoms with Gasteiger partial charge in [-0.15, -0.1) is 0 Å². The number of halogens is 1. The molecular formula is C17H25BrN2O. The smallest absolute Gasteiger partial charge is 0.239 e. The molecule has 1 heterocycles. The number of carbonyl (C=O) groups excluding carboxylic acids is 1. The van der Waals surface area contributed by atoms with Crippen molar-refractivity contribution in [2.45, 2.75) is 45.2 Å².